The maximum atomic E-state index is 6.30. The summed E-state index contributed by atoms with van der Waals surface area (Å²) < 4.78 is 19.1. The summed E-state index contributed by atoms with van der Waals surface area (Å²) in [7, 11) is 3.86. The lowest BCUT2D eigenvalue weighted by Crippen LogP contribution is -2.33. The average Bonchev–Trinajstić information content (AvgIpc) is 2.97. The molecule has 42 heavy (non-hydrogen) atoms. The monoisotopic (exact) mass is 607 g/mol. The lowest BCUT2D eigenvalue weighted by molar-refractivity contribution is -0.678. The van der Waals surface area contributed by atoms with Crippen molar-refractivity contribution in [2.24, 2.45) is 12.8 Å². The first-order valence-corrected chi connectivity index (χ1v) is 15.1. The van der Waals surface area contributed by atoms with Crippen LogP contribution in [-0.2, 0) is 24.6 Å². The van der Waals surface area contributed by atoms with Crippen LogP contribution < -0.4 is 19.8 Å². The maximum absolute atomic E-state index is 6.30. The fourth-order valence-corrected chi connectivity index (χ4v) is 6.06. The molecule has 7 heteroatoms. The highest BCUT2D eigenvalue weighted by Crippen LogP contribution is 2.34. The number of pyridine rings is 1. The zero-order valence-electron chi connectivity index (χ0n) is 25.0. The van der Waals surface area contributed by atoms with E-state index in [1.54, 1.807) is 7.11 Å². The van der Waals surface area contributed by atoms with Gasteiger partial charge in [-0.3, -0.25) is 0 Å². The van der Waals surface area contributed by atoms with Crippen LogP contribution in [0.2, 0.25) is 10.0 Å². The van der Waals surface area contributed by atoms with E-state index >= 15 is 0 Å². The molecule has 1 atom stereocenters. The molecule has 0 radical (unpaired) electrons. The highest BCUT2D eigenvalue weighted by atomic mass is 35.5. The molecule has 5 nitrogen and oxygen atoms in total. The molecular formula is C35H41Cl2N2O3+. The molecule has 0 spiro atoms. The van der Waals surface area contributed by atoms with Crippen LogP contribution in [-0.4, -0.2) is 33.5 Å². The number of aryl methyl sites for hydroxylation is 3. The molecule has 0 saturated carbocycles. The van der Waals surface area contributed by atoms with Gasteiger partial charge in [0.2, 0.25) is 0 Å². The summed E-state index contributed by atoms with van der Waals surface area (Å²) in [6, 6.07) is 22.9. The second-order valence-electron chi connectivity index (χ2n) is 10.7. The molecule has 3 aromatic carbocycles. The third-order valence-corrected chi connectivity index (χ3v) is 8.08. The predicted octanol–water partition coefficient (Wildman–Crippen LogP) is 7.42. The van der Waals surface area contributed by atoms with Gasteiger partial charge in [-0.15, -0.1) is 0 Å². The number of rotatable bonds is 14. The largest absolute Gasteiger partial charge is 0.490 e. The number of nitrogens with zero attached hydrogens (tertiary/aromatic N) is 1. The predicted molar refractivity (Wildman–Crippen MR) is 172 cm³/mol. The van der Waals surface area contributed by atoms with E-state index in [2.05, 4.69) is 67.2 Å². The number of ether oxygens (including phenoxy) is 3. The van der Waals surface area contributed by atoms with Gasteiger partial charge in [0.05, 0.1) is 10.0 Å². The van der Waals surface area contributed by atoms with E-state index in [0.29, 0.717) is 35.6 Å². The molecule has 0 aliphatic carbocycles. The van der Waals surface area contributed by atoms with Gasteiger partial charge in [0.1, 0.15) is 26.0 Å². The summed E-state index contributed by atoms with van der Waals surface area (Å²) in [5.74, 6) is 1.49. The van der Waals surface area contributed by atoms with E-state index in [1.807, 2.05) is 31.2 Å². The minimum Gasteiger partial charge on any atom is -0.490 e. The molecule has 0 bridgehead atoms. The number of nitrogens with two attached hydrogens (primary N) is 1. The third kappa shape index (κ3) is 8.26. The number of aromatic nitrogens is 1. The van der Waals surface area contributed by atoms with Crippen molar-refractivity contribution in [2.75, 3.05) is 33.5 Å². The number of hydrogen-bond donors (Lipinski definition) is 1. The van der Waals surface area contributed by atoms with Crippen molar-refractivity contribution in [1.29, 1.82) is 0 Å². The topological polar surface area (TPSA) is 57.6 Å². The van der Waals surface area contributed by atoms with E-state index in [1.165, 1.54) is 33.5 Å². The average molecular weight is 609 g/mol. The number of benzene rings is 3. The Kier molecular flexibility index (Phi) is 11.7. The lowest BCUT2D eigenvalue weighted by Gasteiger charge is -2.19. The van der Waals surface area contributed by atoms with Gasteiger partial charge in [-0.25, -0.2) is 4.57 Å². The standard InChI is InChI=1S/C35H41Cl2N2O3/c1-24-19-32(36)35(33(37)20-24)42-18-17-41-29-12-9-26(10-13-29)22-28(23-38)30-14-11-27(21-25(30)2)31-7-5-15-39(3)34(31)8-6-16-40-4/h5,7,9-15,19-21,28H,6,8,16-18,22-23,38H2,1-4H3/q+1. The first-order chi connectivity index (χ1) is 20.3. The summed E-state index contributed by atoms with van der Waals surface area (Å²) in [5.41, 5.74) is 14.9. The zero-order chi connectivity index (χ0) is 30.1. The van der Waals surface area contributed by atoms with E-state index in [9.17, 15) is 0 Å². The van der Waals surface area contributed by atoms with Crippen LogP contribution in [0.15, 0.2) is 72.9 Å². The normalized spacial score (nSPS) is 11.9. The van der Waals surface area contributed by atoms with Gasteiger partial charge in [-0.1, -0.05) is 53.5 Å². The summed E-state index contributed by atoms with van der Waals surface area (Å²) in [6.45, 7) is 6.17. The van der Waals surface area contributed by atoms with Crippen LogP contribution in [0.1, 0.15) is 40.3 Å². The Morgan fingerprint density at radius 2 is 1.60 bits per heavy atom. The molecule has 0 amide bonds. The van der Waals surface area contributed by atoms with Crippen LogP contribution in [0.25, 0.3) is 11.1 Å². The Morgan fingerprint density at radius 1 is 0.881 bits per heavy atom. The van der Waals surface area contributed by atoms with E-state index in [0.717, 1.165) is 37.2 Å². The smallest absolute Gasteiger partial charge is 0.189 e. The fourth-order valence-electron chi connectivity index (χ4n) is 5.36. The number of hydrogen-bond acceptors (Lipinski definition) is 4. The SMILES string of the molecule is COCCCc1c(-c2ccc(C(CN)Cc3ccc(OCCOc4c(Cl)cc(C)cc4Cl)cc3)c(C)c2)ccc[n+]1C. The molecule has 0 aliphatic rings. The van der Waals surface area contributed by atoms with Crippen molar-refractivity contribution in [1.82, 2.24) is 0 Å². The summed E-state index contributed by atoms with van der Waals surface area (Å²) in [5, 5.41) is 1.00. The first kappa shape index (κ1) is 31.8. The Bertz CT molecular complexity index is 1450. The van der Waals surface area contributed by atoms with Gasteiger partial charge >= 0.3 is 0 Å². The number of methoxy groups -OCH3 is 1. The molecule has 1 unspecified atom stereocenters. The lowest BCUT2D eigenvalue weighted by atomic mass is 9.87. The van der Waals surface area contributed by atoms with Gasteiger partial charge < -0.3 is 19.9 Å². The molecule has 0 aliphatic heterocycles. The second kappa shape index (κ2) is 15.4. The highest BCUT2D eigenvalue weighted by molar-refractivity contribution is 6.37. The van der Waals surface area contributed by atoms with Gasteiger partial charge in [0, 0.05) is 37.7 Å². The van der Waals surface area contributed by atoms with Gasteiger partial charge in [0.15, 0.2) is 17.6 Å². The Balaban J connectivity index is 1.37. The van der Waals surface area contributed by atoms with Crippen molar-refractivity contribution in [2.45, 2.75) is 39.0 Å². The van der Waals surface area contributed by atoms with Crippen molar-refractivity contribution >= 4 is 23.2 Å². The van der Waals surface area contributed by atoms with Gasteiger partial charge in [0.25, 0.3) is 0 Å². The molecule has 0 saturated heterocycles. The van der Waals surface area contributed by atoms with E-state index in [4.69, 9.17) is 43.1 Å². The summed E-state index contributed by atoms with van der Waals surface area (Å²) >= 11 is 12.5. The molecule has 4 rings (SSSR count). The fraction of sp³-hybridized carbons (Fsp3) is 0.343. The summed E-state index contributed by atoms with van der Waals surface area (Å²) in [6.07, 6.45) is 4.92. The van der Waals surface area contributed by atoms with Gasteiger partial charge in [-0.05, 0) is 91.4 Å². The molecule has 2 N–H and O–H groups in total. The van der Waals surface area contributed by atoms with Crippen molar-refractivity contribution in [3.8, 4) is 22.6 Å². The Hall–Kier alpha value is -3.09. The van der Waals surface area contributed by atoms with E-state index < -0.39 is 0 Å². The van der Waals surface area contributed by atoms with Crippen molar-refractivity contribution in [3.63, 3.8) is 0 Å². The van der Waals surface area contributed by atoms with Crippen LogP contribution in [0.4, 0.5) is 0 Å². The zero-order valence-corrected chi connectivity index (χ0v) is 26.5. The first-order valence-electron chi connectivity index (χ1n) is 14.4. The molecule has 1 heterocycles. The van der Waals surface area contributed by atoms with Crippen molar-refractivity contribution < 1.29 is 18.8 Å². The molecule has 222 valence electrons. The quantitative estimate of drug-likeness (QED) is 0.120. The minimum absolute atomic E-state index is 0.219. The van der Waals surface area contributed by atoms with E-state index in [-0.39, 0.29) is 5.92 Å². The Labute approximate surface area is 260 Å². The minimum atomic E-state index is 0.219. The van der Waals surface area contributed by atoms with Gasteiger partial charge in [-0.2, -0.15) is 0 Å². The summed E-state index contributed by atoms with van der Waals surface area (Å²) in [4.78, 5) is 0. The van der Waals surface area contributed by atoms with Crippen LogP contribution in [0, 0.1) is 13.8 Å². The number of halogens is 2. The maximum Gasteiger partial charge on any atom is 0.189 e. The molecule has 0 fully saturated rings. The van der Waals surface area contributed by atoms with Crippen LogP contribution in [0.5, 0.6) is 11.5 Å². The van der Waals surface area contributed by atoms with Crippen LogP contribution >= 0.6 is 23.2 Å². The highest BCUT2D eigenvalue weighted by Gasteiger charge is 2.18. The molecule has 1 aromatic heterocycles. The molecule has 4 aromatic rings. The van der Waals surface area contributed by atoms with Crippen molar-refractivity contribution in [3.05, 3.63) is 111 Å². The second-order valence-corrected chi connectivity index (χ2v) is 11.5. The Morgan fingerprint density at radius 3 is 2.26 bits per heavy atom. The third-order valence-electron chi connectivity index (χ3n) is 7.52. The van der Waals surface area contributed by atoms with Crippen LogP contribution in [0.3, 0.4) is 0 Å². The molecular weight excluding hydrogens is 567 g/mol.